The van der Waals surface area contributed by atoms with E-state index in [0.717, 1.165) is 28.1 Å². The number of nitrogens with one attached hydrogen (secondary N) is 1. The molecule has 2 heterocycles. The summed E-state index contributed by atoms with van der Waals surface area (Å²) in [5.74, 6) is 1.26. The molecule has 5 nitrogen and oxygen atoms in total. The zero-order valence-corrected chi connectivity index (χ0v) is 19.5. The smallest absolute Gasteiger partial charge is 0.250 e. The van der Waals surface area contributed by atoms with E-state index < -0.39 is 0 Å². The number of nitrogens with zero attached hydrogens (tertiary/aromatic N) is 1. The molecule has 2 aromatic carbocycles. The number of rotatable bonds is 7. The number of thiophene rings is 1. The van der Waals surface area contributed by atoms with Crippen molar-refractivity contribution in [3.05, 3.63) is 76.5 Å². The molecule has 0 radical (unpaired) electrons. The number of hydrogen-bond donors (Lipinski definition) is 1. The number of benzene rings is 2. The number of hydrogen-bond acceptors (Lipinski definition) is 6. The number of carbonyl (C=O) groups excluding carboxylic acids is 1. The van der Waals surface area contributed by atoms with E-state index in [1.54, 1.807) is 31.6 Å². The largest absolute Gasteiger partial charge is 0.497 e. The average Bonchev–Trinajstić information content (AvgIpc) is 3.46. The van der Waals surface area contributed by atoms with Crippen molar-refractivity contribution in [2.45, 2.75) is 6.92 Å². The Hall–Kier alpha value is -3.42. The SMILES string of the molecule is COc1ccc(-c2csc(NC(=O)C=Cc3ccc(-c4cc(C)cs4)cc3OC)n2)cc1. The van der Waals surface area contributed by atoms with E-state index >= 15 is 0 Å². The molecule has 0 aliphatic heterocycles. The predicted molar refractivity (Wildman–Crippen MR) is 133 cm³/mol. The maximum absolute atomic E-state index is 12.4. The van der Waals surface area contributed by atoms with Gasteiger partial charge in [0.25, 0.3) is 0 Å². The second-order valence-corrected chi connectivity index (χ2v) is 8.80. The molecule has 2 aromatic heterocycles. The summed E-state index contributed by atoms with van der Waals surface area (Å²) >= 11 is 3.08. The molecule has 0 unspecified atom stereocenters. The lowest BCUT2D eigenvalue weighted by atomic mass is 10.1. The predicted octanol–water partition coefficient (Wildman–Crippen LogP) is 6.52. The van der Waals surface area contributed by atoms with Gasteiger partial charge in [-0.15, -0.1) is 22.7 Å². The lowest BCUT2D eigenvalue weighted by Crippen LogP contribution is -2.07. The standard InChI is InChI=1S/C25H22N2O3S2/c1-16-12-23(31-14-16)19-5-4-18(22(13-19)30-3)8-11-24(28)27-25-26-21(15-32-25)17-6-9-20(29-2)10-7-17/h4-15H,1-3H3,(H,26,27,28). The van der Waals surface area contributed by atoms with Gasteiger partial charge in [-0.25, -0.2) is 4.98 Å². The summed E-state index contributed by atoms with van der Waals surface area (Å²) in [6.07, 6.45) is 3.23. The molecule has 1 N–H and O–H groups in total. The lowest BCUT2D eigenvalue weighted by Gasteiger charge is -2.07. The van der Waals surface area contributed by atoms with Gasteiger partial charge in [-0.05, 0) is 65.9 Å². The fourth-order valence-electron chi connectivity index (χ4n) is 3.12. The molecule has 0 saturated carbocycles. The van der Waals surface area contributed by atoms with Gasteiger partial charge in [-0.3, -0.25) is 10.1 Å². The van der Waals surface area contributed by atoms with Crippen LogP contribution in [0.25, 0.3) is 27.8 Å². The molecular formula is C25H22N2O3S2. The third-order valence-corrected chi connectivity index (χ3v) is 6.64. The Kier molecular flexibility index (Phi) is 6.68. The van der Waals surface area contributed by atoms with Crippen molar-refractivity contribution >= 4 is 39.8 Å². The first kappa shape index (κ1) is 21.8. The van der Waals surface area contributed by atoms with Crippen LogP contribution in [-0.2, 0) is 4.79 Å². The molecule has 0 bridgehead atoms. The number of amides is 1. The van der Waals surface area contributed by atoms with Crippen LogP contribution in [0.5, 0.6) is 11.5 Å². The Morgan fingerprint density at radius 3 is 2.44 bits per heavy atom. The highest BCUT2D eigenvalue weighted by atomic mass is 32.1. The molecule has 0 aliphatic carbocycles. The van der Waals surface area contributed by atoms with Gasteiger partial charge in [0.1, 0.15) is 11.5 Å². The normalized spacial score (nSPS) is 11.0. The van der Waals surface area contributed by atoms with Crippen LogP contribution in [0, 0.1) is 6.92 Å². The van der Waals surface area contributed by atoms with Crippen LogP contribution in [0.1, 0.15) is 11.1 Å². The fourth-order valence-corrected chi connectivity index (χ4v) is 4.74. The molecule has 1 amide bonds. The number of thiazole rings is 1. The third-order valence-electron chi connectivity index (χ3n) is 4.78. The van der Waals surface area contributed by atoms with Crippen molar-refractivity contribution in [3.63, 3.8) is 0 Å². The summed E-state index contributed by atoms with van der Waals surface area (Å²) in [5, 5.41) is 7.40. The molecule has 4 aromatic rings. The van der Waals surface area contributed by atoms with Crippen molar-refractivity contribution in [2.24, 2.45) is 0 Å². The van der Waals surface area contributed by atoms with E-state index in [2.05, 4.69) is 28.7 Å². The van der Waals surface area contributed by atoms with Crippen LogP contribution >= 0.6 is 22.7 Å². The molecule has 0 fully saturated rings. The molecule has 4 rings (SSSR count). The fraction of sp³-hybridized carbons (Fsp3) is 0.120. The number of ether oxygens (including phenoxy) is 2. The van der Waals surface area contributed by atoms with Crippen molar-refractivity contribution < 1.29 is 14.3 Å². The first-order valence-electron chi connectivity index (χ1n) is 9.88. The van der Waals surface area contributed by atoms with Gasteiger partial charge < -0.3 is 9.47 Å². The minimum absolute atomic E-state index is 0.249. The number of aromatic nitrogens is 1. The van der Waals surface area contributed by atoms with Crippen LogP contribution in [0.2, 0.25) is 0 Å². The maximum Gasteiger partial charge on any atom is 0.250 e. The van der Waals surface area contributed by atoms with Crippen molar-refractivity contribution in [1.82, 2.24) is 4.98 Å². The Morgan fingerprint density at radius 1 is 0.969 bits per heavy atom. The zero-order valence-electron chi connectivity index (χ0n) is 17.9. The van der Waals surface area contributed by atoms with Gasteiger partial charge in [0.05, 0.1) is 19.9 Å². The number of methoxy groups -OCH3 is 2. The molecule has 0 saturated heterocycles. The summed E-state index contributed by atoms with van der Waals surface area (Å²) < 4.78 is 10.7. The minimum Gasteiger partial charge on any atom is -0.497 e. The quantitative estimate of drug-likeness (QED) is 0.318. The molecular weight excluding hydrogens is 440 g/mol. The molecule has 0 aliphatic rings. The van der Waals surface area contributed by atoms with Crippen LogP contribution in [-0.4, -0.2) is 25.1 Å². The first-order chi connectivity index (χ1) is 15.6. The van der Waals surface area contributed by atoms with Crippen molar-refractivity contribution in [3.8, 4) is 33.2 Å². The number of carbonyl (C=O) groups is 1. The Labute approximate surface area is 195 Å². The van der Waals surface area contributed by atoms with Crippen molar-refractivity contribution in [2.75, 3.05) is 19.5 Å². The second kappa shape index (κ2) is 9.80. The maximum atomic E-state index is 12.4. The zero-order chi connectivity index (χ0) is 22.5. The molecule has 0 atom stereocenters. The van der Waals surface area contributed by atoms with E-state index in [1.807, 2.05) is 47.8 Å². The summed E-state index contributed by atoms with van der Waals surface area (Å²) in [6.45, 7) is 2.08. The van der Waals surface area contributed by atoms with Crippen LogP contribution in [0.15, 0.2) is 65.4 Å². The third kappa shape index (κ3) is 5.07. The lowest BCUT2D eigenvalue weighted by molar-refractivity contribution is -0.111. The van der Waals surface area contributed by atoms with E-state index in [4.69, 9.17) is 9.47 Å². The van der Waals surface area contributed by atoms with Crippen molar-refractivity contribution in [1.29, 1.82) is 0 Å². The summed E-state index contributed by atoms with van der Waals surface area (Å²) in [4.78, 5) is 18.1. The Bertz CT molecular complexity index is 1260. The molecule has 7 heteroatoms. The summed E-state index contributed by atoms with van der Waals surface area (Å²) in [6, 6.07) is 15.8. The van der Waals surface area contributed by atoms with Gasteiger partial charge >= 0.3 is 0 Å². The first-order valence-corrected chi connectivity index (χ1v) is 11.6. The molecule has 162 valence electrons. The highest BCUT2D eigenvalue weighted by molar-refractivity contribution is 7.14. The van der Waals surface area contributed by atoms with Gasteiger partial charge in [-0.2, -0.15) is 0 Å². The molecule has 0 spiro atoms. The highest BCUT2D eigenvalue weighted by Gasteiger charge is 2.09. The summed E-state index contributed by atoms with van der Waals surface area (Å²) in [7, 11) is 3.26. The van der Waals surface area contributed by atoms with Crippen LogP contribution in [0.4, 0.5) is 5.13 Å². The average molecular weight is 463 g/mol. The topological polar surface area (TPSA) is 60.5 Å². The van der Waals surface area contributed by atoms with E-state index in [-0.39, 0.29) is 5.91 Å². The summed E-state index contributed by atoms with van der Waals surface area (Å²) in [5.41, 5.74) is 4.93. The monoisotopic (exact) mass is 462 g/mol. The Balaban J connectivity index is 1.44. The number of anilines is 1. The minimum atomic E-state index is -0.249. The van der Waals surface area contributed by atoms with E-state index in [9.17, 15) is 4.79 Å². The van der Waals surface area contributed by atoms with E-state index in [1.165, 1.54) is 27.9 Å². The van der Waals surface area contributed by atoms with Gasteiger partial charge in [0.2, 0.25) is 5.91 Å². The van der Waals surface area contributed by atoms with Gasteiger partial charge in [-0.1, -0.05) is 12.1 Å². The van der Waals surface area contributed by atoms with Gasteiger partial charge in [0, 0.05) is 27.5 Å². The highest BCUT2D eigenvalue weighted by Crippen LogP contribution is 2.32. The van der Waals surface area contributed by atoms with Crippen LogP contribution in [0.3, 0.4) is 0 Å². The van der Waals surface area contributed by atoms with E-state index in [0.29, 0.717) is 10.9 Å². The van der Waals surface area contributed by atoms with Gasteiger partial charge in [0.15, 0.2) is 5.13 Å². The van der Waals surface area contributed by atoms with Crippen LogP contribution < -0.4 is 14.8 Å². The second-order valence-electron chi connectivity index (χ2n) is 7.03. The Morgan fingerprint density at radius 2 is 1.75 bits per heavy atom. The molecule has 32 heavy (non-hydrogen) atoms. The number of aryl methyl sites for hydroxylation is 1.